The summed E-state index contributed by atoms with van der Waals surface area (Å²) in [5.74, 6) is 1.22. The fraction of sp³-hybridized carbons (Fsp3) is 1.00. The molecule has 0 radical (unpaired) electrons. The van der Waals surface area contributed by atoms with Crippen LogP contribution in [0.15, 0.2) is 0 Å². The first kappa shape index (κ1) is 12.7. The SMILES string of the molecule is CC1SCC(C(N)C(C)(C)C)SC1C. The molecule has 3 heteroatoms. The maximum atomic E-state index is 6.30. The monoisotopic (exact) mass is 233 g/mol. The van der Waals surface area contributed by atoms with Gasteiger partial charge in [0.15, 0.2) is 0 Å². The number of thioether (sulfide) groups is 2. The van der Waals surface area contributed by atoms with Gasteiger partial charge in [-0.2, -0.15) is 23.5 Å². The van der Waals surface area contributed by atoms with Gasteiger partial charge in [-0.1, -0.05) is 34.6 Å². The van der Waals surface area contributed by atoms with E-state index >= 15 is 0 Å². The normalized spacial score (nSPS) is 36.9. The van der Waals surface area contributed by atoms with Crippen LogP contribution in [0.5, 0.6) is 0 Å². The highest BCUT2D eigenvalue weighted by Crippen LogP contribution is 2.39. The molecular weight excluding hydrogens is 210 g/mol. The number of rotatable bonds is 1. The minimum Gasteiger partial charge on any atom is -0.326 e. The Hall–Kier alpha value is 0.660. The fourth-order valence-electron chi connectivity index (χ4n) is 1.55. The lowest BCUT2D eigenvalue weighted by atomic mass is 9.86. The Bertz CT molecular complexity index is 188. The molecular formula is C11H23NS2. The third-order valence-electron chi connectivity index (χ3n) is 2.97. The van der Waals surface area contributed by atoms with E-state index in [1.54, 1.807) is 0 Å². The summed E-state index contributed by atoms with van der Waals surface area (Å²) in [4.78, 5) is 0. The van der Waals surface area contributed by atoms with Gasteiger partial charge in [0.1, 0.15) is 0 Å². The molecule has 1 heterocycles. The maximum absolute atomic E-state index is 6.30. The molecule has 0 aromatic carbocycles. The van der Waals surface area contributed by atoms with Crippen LogP contribution in [0.3, 0.4) is 0 Å². The Morgan fingerprint density at radius 3 is 2.21 bits per heavy atom. The van der Waals surface area contributed by atoms with Crippen LogP contribution in [0.4, 0.5) is 0 Å². The second-order valence-corrected chi connectivity index (χ2v) is 8.34. The van der Waals surface area contributed by atoms with Crippen LogP contribution in [-0.2, 0) is 0 Å². The second-order valence-electron chi connectivity index (χ2n) is 5.31. The van der Waals surface area contributed by atoms with Crippen molar-refractivity contribution >= 4 is 23.5 Å². The number of hydrogen-bond acceptors (Lipinski definition) is 3. The highest BCUT2D eigenvalue weighted by atomic mass is 32.2. The lowest BCUT2D eigenvalue weighted by molar-refractivity contribution is 0.319. The van der Waals surface area contributed by atoms with Crippen molar-refractivity contribution < 1.29 is 0 Å². The Balaban J connectivity index is 2.55. The zero-order valence-corrected chi connectivity index (χ0v) is 11.5. The first-order valence-corrected chi connectivity index (χ1v) is 7.34. The van der Waals surface area contributed by atoms with Crippen molar-refractivity contribution in [3.8, 4) is 0 Å². The van der Waals surface area contributed by atoms with Crippen LogP contribution in [-0.4, -0.2) is 27.5 Å². The molecule has 1 rings (SSSR count). The Kier molecular flexibility index (Phi) is 4.24. The minimum atomic E-state index is 0.235. The zero-order valence-electron chi connectivity index (χ0n) is 9.91. The van der Waals surface area contributed by atoms with Crippen LogP contribution in [0, 0.1) is 5.41 Å². The van der Waals surface area contributed by atoms with Gasteiger partial charge in [-0.25, -0.2) is 0 Å². The van der Waals surface area contributed by atoms with Gasteiger partial charge >= 0.3 is 0 Å². The van der Waals surface area contributed by atoms with Crippen LogP contribution in [0.1, 0.15) is 34.6 Å². The third-order valence-corrected chi connectivity index (χ3v) is 6.49. The van der Waals surface area contributed by atoms with Crippen molar-refractivity contribution in [1.82, 2.24) is 0 Å². The van der Waals surface area contributed by atoms with Crippen LogP contribution < -0.4 is 5.73 Å². The highest BCUT2D eigenvalue weighted by molar-refractivity contribution is 8.07. The van der Waals surface area contributed by atoms with Crippen molar-refractivity contribution in [1.29, 1.82) is 0 Å². The minimum absolute atomic E-state index is 0.235. The van der Waals surface area contributed by atoms with Gasteiger partial charge in [0.05, 0.1) is 0 Å². The molecule has 0 spiro atoms. The molecule has 1 fully saturated rings. The summed E-state index contributed by atoms with van der Waals surface area (Å²) in [6.45, 7) is 11.4. The Labute approximate surface area is 97.0 Å². The molecule has 2 N–H and O–H groups in total. The van der Waals surface area contributed by atoms with Gasteiger partial charge in [0, 0.05) is 27.5 Å². The van der Waals surface area contributed by atoms with E-state index in [0.29, 0.717) is 11.3 Å². The quantitative estimate of drug-likeness (QED) is 0.754. The average molecular weight is 233 g/mol. The first-order valence-electron chi connectivity index (χ1n) is 5.35. The van der Waals surface area contributed by atoms with Gasteiger partial charge in [0.2, 0.25) is 0 Å². The summed E-state index contributed by atoms with van der Waals surface area (Å²) >= 11 is 4.16. The molecule has 0 aliphatic carbocycles. The topological polar surface area (TPSA) is 26.0 Å². The zero-order chi connectivity index (χ0) is 10.9. The molecule has 0 aromatic heterocycles. The third kappa shape index (κ3) is 3.07. The molecule has 1 aliphatic rings. The predicted octanol–water partition coefficient (Wildman–Crippen LogP) is 2.99. The molecule has 84 valence electrons. The molecule has 4 atom stereocenters. The van der Waals surface area contributed by atoms with Crippen molar-refractivity contribution in [3.05, 3.63) is 0 Å². The van der Waals surface area contributed by atoms with E-state index < -0.39 is 0 Å². The summed E-state index contributed by atoms with van der Waals surface area (Å²) in [5.41, 5.74) is 6.53. The molecule has 1 saturated heterocycles. The molecule has 0 bridgehead atoms. The lowest BCUT2D eigenvalue weighted by Gasteiger charge is -2.39. The van der Waals surface area contributed by atoms with Crippen molar-refractivity contribution in [3.63, 3.8) is 0 Å². The van der Waals surface area contributed by atoms with Gasteiger partial charge in [-0.3, -0.25) is 0 Å². The molecule has 1 nitrogen and oxygen atoms in total. The van der Waals surface area contributed by atoms with Crippen LogP contribution in [0.25, 0.3) is 0 Å². The fourth-order valence-corrected chi connectivity index (χ4v) is 4.85. The molecule has 0 amide bonds. The molecule has 0 aromatic rings. The highest BCUT2D eigenvalue weighted by Gasteiger charge is 2.34. The summed E-state index contributed by atoms with van der Waals surface area (Å²) in [6.07, 6.45) is 0. The van der Waals surface area contributed by atoms with Crippen molar-refractivity contribution in [2.75, 3.05) is 5.75 Å². The number of hydrogen-bond donors (Lipinski definition) is 1. The van der Waals surface area contributed by atoms with E-state index in [2.05, 4.69) is 58.1 Å². The second kappa shape index (κ2) is 4.67. The Morgan fingerprint density at radius 1 is 1.21 bits per heavy atom. The van der Waals surface area contributed by atoms with E-state index in [1.807, 2.05) is 0 Å². The van der Waals surface area contributed by atoms with Crippen LogP contribution >= 0.6 is 23.5 Å². The summed E-state index contributed by atoms with van der Waals surface area (Å²) in [7, 11) is 0. The first-order chi connectivity index (χ1) is 6.32. The van der Waals surface area contributed by atoms with E-state index in [0.717, 1.165) is 10.5 Å². The average Bonchev–Trinajstić information content (AvgIpc) is 2.07. The van der Waals surface area contributed by atoms with E-state index in [9.17, 15) is 0 Å². The van der Waals surface area contributed by atoms with Gasteiger partial charge in [0.25, 0.3) is 0 Å². The smallest absolute Gasteiger partial charge is 0.0297 e. The molecule has 1 aliphatic heterocycles. The molecule has 14 heavy (non-hydrogen) atoms. The van der Waals surface area contributed by atoms with Gasteiger partial charge < -0.3 is 5.73 Å². The van der Waals surface area contributed by atoms with E-state index in [-0.39, 0.29) is 5.41 Å². The van der Waals surface area contributed by atoms with Gasteiger partial charge in [-0.15, -0.1) is 0 Å². The molecule has 0 saturated carbocycles. The Morgan fingerprint density at radius 2 is 1.79 bits per heavy atom. The largest absolute Gasteiger partial charge is 0.326 e. The maximum Gasteiger partial charge on any atom is 0.0297 e. The summed E-state index contributed by atoms with van der Waals surface area (Å²) in [6, 6.07) is 0.315. The predicted molar refractivity (Wildman–Crippen MR) is 70.2 cm³/mol. The number of nitrogens with two attached hydrogens (primary N) is 1. The lowest BCUT2D eigenvalue weighted by Crippen LogP contribution is -2.47. The standard InChI is InChI=1S/C11H23NS2/c1-7-8(2)14-9(6-13-7)10(12)11(3,4)5/h7-10H,6,12H2,1-5H3. The van der Waals surface area contributed by atoms with E-state index in [4.69, 9.17) is 5.73 Å². The van der Waals surface area contributed by atoms with E-state index in [1.165, 1.54) is 5.75 Å². The van der Waals surface area contributed by atoms with Crippen molar-refractivity contribution in [2.45, 2.75) is 56.4 Å². The molecule has 4 unspecified atom stereocenters. The summed E-state index contributed by atoms with van der Waals surface area (Å²) in [5, 5.41) is 2.15. The van der Waals surface area contributed by atoms with Crippen molar-refractivity contribution in [2.24, 2.45) is 11.1 Å². The van der Waals surface area contributed by atoms with Gasteiger partial charge in [-0.05, 0) is 5.41 Å². The summed E-state index contributed by atoms with van der Waals surface area (Å²) < 4.78 is 0. The van der Waals surface area contributed by atoms with Crippen LogP contribution in [0.2, 0.25) is 0 Å².